The lowest BCUT2D eigenvalue weighted by Crippen LogP contribution is -2.00. The molecule has 0 amide bonds. The summed E-state index contributed by atoms with van der Waals surface area (Å²) in [5, 5.41) is 3.90. The van der Waals surface area contributed by atoms with Crippen molar-refractivity contribution in [1.82, 2.24) is 10.1 Å². The Kier molecular flexibility index (Phi) is 3.97. The van der Waals surface area contributed by atoms with Crippen LogP contribution < -0.4 is 4.74 Å². The molecule has 0 bridgehead atoms. The van der Waals surface area contributed by atoms with Crippen molar-refractivity contribution < 1.29 is 9.26 Å². The predicted octanol–water partition coefficient (Wildman–Crippen LogP) is 3.33. The quantitative estimate of drug-likeness (QED) is 0.811. The van der Waals surface area contributed by atoms with Crippen molar-refractivity contribution in [2.24, 2.45) is 0 Å². The molecule has 4 heteroatoms. The van der Waals surface area contributed by atoms with Crippen LogP contribution in [0.25, 0.3) is 0 Å². The summed E-state index contributed by atoms with van der Waals surface area (Å²) in [6.45, 7) is 6.48. The minimum atomic E-state index is 0.245. The Balaban J connectivity index is 2.02. The molecule has 0 unspecified atom stereocenters. The first-order valence-corrected chi connectivity index (χ1v) is 6.24. The van der Waals surface area contributed by atoms with Gasteiger partial charge in [0.2, 0.25) is 11.7 Å². The molecule has 0 aliphatic rings. The molecule has 96 valence electrons. The minimum Gasteiger partial charge on any atom is -0.485 e. The van der Waals surface area contributed by atoms with Gasteiger partial charge < -0.3 is 9.26 Å². The van der Waals surface area contributed by atoms with Crippen LogP contribution in [0.2, 0.25) is 0 Å². The van der Waals surface area contributed by atoms with E-state index in [1.54, 1.807) is 0 Å². The molecule has 0 saturated carbocycles. The van der Waals surface area contributed by atoms with Gasteiger partial charge in [-0.2, -0.15) is 4.98 Å². The van der Waals surface area contributed by atoms with Gasteiger partial charge >= 0.3 is 0 Å². The second kappa shape index (κ2) is 5.67. The third-order valence-corrected chi connectivity index (χ3v) is 2.69. The monoisotopic (exact) mass is 246 g/mol. The lowest BCUT2D eigenvalue weighted by molar-refractivity contribution is 0.282. The van der Waals surface area contributed by atoms with Crippen LogP contribution >= 0.6 is 0 Å². The van der Waals surface area contributed by atoms with Gasteiger partial charge in [-0.3, -0.25) is 0 Å². The summed E-state index contributed by atoms with van der Waals surface area (Å²) >= 11 is 0. The first-order valence-electron chi connectivity index (χ1n) is 6.24. The molecule has 0 spiro atoms. The number of para-hydroxylation sites is 1. The van der Waals surface area contributed by atoms with Crippen molar-refractivity contribution >= 4 is 0 Å². The van der Waals surface area contributed by atoms with Crippen molar-refractivity contribution in [2.45, 2.75) is 39.7 Å². The summed E-state index contributed by atoms with van der Waals surface area (Å²) in [4.78, 5) is 4.28. The van der Waals surface area contributed by atoms with Gasteiger partial charge in [0.25, 0.3) is 0 Å². The summed E-state index contributed by atoms with van der Waals surface area (Å²) in [7, 11) is 0. The zero-order valence-electron chi connectivity index (χ0n) is 11.0. The normalized spacial score (nSPS) is 10.9. The van der Waals surface area contributed by atoms with Gasteiger partial charge in [-0.1, -0.05) is 44.1 Å². The maximum Gasteiger partial charge on any atom is 0.229 e. The van der Waals surface area contributed by atoms with Gasteiger partial charge in [0.1, 0.15) is 5.75 Å². The Morgan fingerprint density at radius 2 is 2.06 bits per heavy atom. The standard InChI is InChI=1S/C14H18N2O2/c1-4-11-7-5-6-8-12(11)17-9-13-15-14(10(2)3)18-16-13/h5-8,10H,4,9H2,1-3H3. The first kappa shape index (κ1) is 12.6. The molecule has 0 radical (unpaired) electrons. The van der Waals surface area contributed by atoms with Crippen molar-refractivity contribution in [3.05, 3.63) is 41.5 Å². The van der Waals surface area contributed by atoms with E-state index < -0.39 is 0 Å². The molecule has 0 aliphatic heterocycles. The fraction of sp³-hybridized carbons (Fsp3) is 0.429. The number of aryl methyl sites for hydroxylation is 1. The topological polar surface area (TPSA) is 48.2 Å². The second-order valence-corrected chi connectivity index (χ2v) is 4.45. The summed E-state index contributed by atoms with van der Waals surface area (Å²) in [6.07, 6.45) is 0.944. The molecule has 0 atom stereocenters. The molecule has 2 aromatic rings. The minimum absolute atomic E-state index is 0.245. The van der Waals surface area contributed by atoms with E-state index in [4.69, 9.17) is 9.26 Å². The van der Waals surface area contributed by atoms with E-state index in [1.165, 1.54) is 5.56 Å². The predicted molar refractivity (Wildman–Crippen MR) is 68.5 cm³/mol. The largest absolute Gasteiger partial charge is 0.485 e. The third-order valence-electron chi connectivity index (χ3n) is 2.69. The van der Waals surface area contributed by atoms with Gasteiger partial charge in [0.15, 0.2) is 6.61 Å². The summed E-state index contributed by atoms with van der Waals surface area (Å²) < 4.78 is 10.9. The highest BCUT2D eigenvalue weighted by Crippen LogP contribution is 2.19. The van der Waals surface area contributed by atoms with E-state index in [9.17, 15) is 0 Å². The van der Waals surface area contributed by atoms with E-state index in [1.807, 2.05) is 32.0 Å². The molecule has 1 aromatic carbocycles. The highest BCUT2D eigenvalue weighted by atomic mass is 16.5. The van der Waals surface area contributed by atoms with Crippen molar-refractivity contribution in [3.63, 3.8) is 0 Å². The lowest BCUT2D eigenvalue weighted by atomic mass is 10.1. The SMILES string of the molecule is CCc1ccccc1OCc1noc(C(C)C)n1. The van der Waals surface area contributed by atoms with E-state index in [2.05, 4.69) is 23.1 Å². The van der Waals surface area contributed by atoms with E-state index >= 15 is 0 Å². The van der Waals surface area contributed by atoms with Gasteiger partial charge in [-0.25, -0.2) is 0 Å². The molecule has 0 fully saturated rings. The van der Waals surface area contributed by atoms with Crippen molar-refractivity contribution in [3.8, 4) is 5.75 Å². The Bertz CT molecular complexity index is 506. The Morgan fingerprint density at radius 1 is 1.28 bits per heavy atom. The van der Waals surface area contributed by atoms with Gasteiger partial charge in [0.05, 0.1) is 0 Å². The fourth-order valence-electron chi connectivity index (χ4n) is 1.64. The molecule has 0 N–H and O–H groups in total. The number of rotatable bonds is 5. The van der Waals surface area contributed by atoms with Crippen LogP contribution in [-0.2, 0) is 13.0 Å². The number of nitrogens with zero attached hydrogens (tertiary/aromatic N) is 2. The molecule has 18 heavy (non-hydrogen) atoms. The number of aromatic nitrogens is 2. The molecule has 1 heterocycles. The van der Waals surface area contributed by atoms with Crippen LogP contribution in [0.4, 0.5) is 0 Å². The van der Waals surface area contributed by atoms with Crippen LogP contribution in [0.3, 0.4) is 0 Å². The molecule has 0 saturated heterocycles. The molecular formula is C14H18N2O2. The Hall–Kier alpha value is -1.84. The molecular weight excluding hydrogens is 228 g/mol. The molecule has 1 aromatic heterocycles. The van der Waals surface area contributed by atoms with Crippen LogP contribution in [0.5, 0.6) is 5.75 Å². The average Bonchev–Trinajstić information content (AvgIpc) is 2.85. The first-order chi connectivity index (χ1) is 8.70. The summed E-state index contributed by atoms with van der Waals surface area (Å²) in [5.74, 6) is 2.37. The number of hydrogen-bond acceptors (Lipinski definition) is 4. The van der Waals surface area contributed by atoms with Crippen molar-refractivity contribution in [2.75, 3.05) is 0 Å². The van der Waals surface area contributed by atoms with E-state index in [0.717, 1.165) is 12.2 Å². The Labute approximate surface area is 107 Å². The summed E-state index contributed by atoms with van der Waals surface area (Å²) in [5.41, 5.74) is 1.19. The second-order valence-electron chi connectivity index (χ2n) is 4.45. The van der Waals surface area contributed by atoms with Crippen LogP contribution in [0.15, 0.2) is 28.8 Å². The highest BCUT2D eigenvalue weighted by Gasteiger charge is 2.10. The van der Waals surface area contributed by atoms with Crippen LogP contribution in [0, 0.1) is 0 Å². The zero-order valence-corrected chi connectivity index (χ0v) is 11.0. The fourth-order valence-corrected chi connectivity index (χ4v) is 1.64. The van der Waals surface area contributed by atoms with Gasteiger partial charge in [-0.15, -0.1) is 0 Å². The smallest absolute Gasteiger partial charge is 0.229 e. The lowest BCUT2D eigenvalue weighted by Gasteiger charge is -2.07. The maximum atomic E-state index is 5.72. The average molecular weight is 246 g/mol. The number of hydrogen-bond donors (Lipinski definition) is 0. The summed E-state index contributed by atoms with van der Waals surface area (Å²) in [6, 6.07) is 7.99. The van der Waals surface area contributed by atoms with Crippen LogP contribution in [0.1, 0.15) is 44.0 Å². The number of benzene rings is 1. The van der Waals surface area contributed by atoms with E-state index in [-0.39, 0.29) is 5.92 Å². The molecule has 4 nitrogen and oxygen atoms in total. The highest BCUT2D eigenvalue weighted by molar-refractivity contribution is 5.33. The van der Waals surface area contributed by atoms with Crippen molar-refractivity contribution in [1.29, 1.82) is 0 Å². The molecule has 2 rings (SSSR count). The van der Waals surface area contributed by atoms with Gasteiger partial charge in [-0.05, 0) is 18.1 Å². The Morgan fingerprint density at radius 3 is 2.72 bits per heavy atom. The zero-order chi connectivity index (χ0) is 13.0. The van der Waals surface area contributed by atoms with E-state index in [0.29, 0.717) is 18.3 Å². The van der Waals surface area contributed by atoms with Gasteiger partial charge in [0, 0.05) is 5.92 Å². The number of ether oxygens (including phenoxy) is 1. The maximum absolute atomic E-state index is 5.72. The molecule has 0 aliphatic carbocycles. The third kappa shape index (κ3) is 2.88. The van der Waals surface area contributed by atoms with Crippen LogP contribution in [-0.4, -0.2) is 10.1 Å².